The van der Waals surface area contributed by atoms with Gasteiger partial charge in [0.05, 0.1) is 31.6 Å². The van der Waals surface area contributed by atoms with Gasteiger partial charge in [-0.25, -0.2) is 14.5 Å². The molecule has 2 aliphatic rings. The van der Waals surface area contributed by atoms with Crippen LogP contribution >= 0.6 is 0 Å². The topological polar surface area (TPSA) is 120 Å². The van der Waals surface area contributed by atoms with E-state index in [9.17, 15) is 4.79 Å². The van der Waals surface area contributed by atoms with Gasteiger partial charge in [-0.05, 0) is 37.8 Å². The van der Waals surface area contributed by atoms with Crippen LogP contribution in [0, 0.1) is 0 Å². The molecule has 0 atom stereocenters. The van der Waals surface area contributed by atoms with Crippen LogP contribution in [0.3, 0.4) is 0 Å². The molecule has 0 spiro atoms. The van der Waals surface area contributed by atoms with Crippen molar-refractivity contribution in [2.45, 2.75) is 37.8 Å². The van der Waals surface area contributed by atoms with Gasteiger partial charge in [-0.15, -0.1) is 0 Å². The van der Waals surface area contributed by atoms with Gasteiger partial charge in [0.15, 0.2) is 5.82 Å². The highest BCUT2D eigenvalue weighted by Gasteiger charge is 2.29. The number of carbonyl (C=O) groups excluding carboxylic acids is 1. The number of hydrogen-bond donors (Lipinski definition) is 2. The number of methoxy groups -OCH3 is 1. The van der Waals surface area contributed by atoms with E-state index in [1.165, 1.54) is 6.33 Å². The number of fused-ring (bicyclic) bond motifs is 1. The van der Waals surface area contributed by atoms with Gasteiger partial charge in [0.2, 0.25) is 5.88 Å². The predicted octanol–water partition coefficient (Wildman–Crippen LogP) is 1.76. The fourth-order valence-corrected chi connectivity index (χ4v) is 4.92. The summed E-state index contributed by atoms with van der Waals surface area (Å²) in [4.78, 5) is 24.1. The van der Waals surface area contributed by atoms with Crippen molar-refractivity contribution in [1.29, 1.82) is 0 Å². The highest BCUT2D eigenvalue weighted by Crippen LogP contribution is 2.30. The van der Waals surface area contributed by atoms with E-state index in [4.69, 9.17) is 15.2 Å². The summed E-state index contributed by atoms with van der Waals surface area (Å²) in [5.41, 5.74) is 8.68. The Kier molecular flexibility index (Phi) is 6.10. The van der Waals surface area contributed by atoms with Crippen molar-refractivity contribution >= 4 is 17.2 Å². The van der Waals surface area contributed by atoms with Gasteiger partial charge in [-0.3, -0.25) is 9.69 Å². The summed E-state index contributed by atoms with van der Waals surface area (Å²) in [5.74, 6) is 0.585. The van der Waals surface area contributed by atoms with E-state index in [1.807, 2.05) is 12.1 Å². The zero-order chi connectivity index (χ0) is 22.8. The van der Waals surface area contributed by atoms with Gasteiger partial charge >= 0.3 is 0 Å². The molecule has 1 aliphatic carbocycles. The maximum Gasteiger partial charge on any atom is 0.253 e. The summed E-state index contributed by atoms with van der Waals surface area (Å²) >= 11 is 0. The number of hydrogen-bond acceptors (Lipinski definition) is 8. The molecular weight excluding hydrogens is 422 g/mol. The van der Waals surface area contributed by atoms with Crippen molar-refractivity contribution in [3.63, 3.8) is 0 Å². The Bertz CT molecular complexity index is 1130. The van der Waals surface area contributed by atoms with E-state index in [0.29, 0.717) is 23.0 Å². The van der Waals surface area contributed by atoms with E-state index in [0.717, 1.165) is 63.2 Å². The molecule has 3 N–H and O–H groups in total. The van der Waals surface area contributed by atoms with Gasteiger partial charge in [0.25, 0.3) is 5.91 Å². The second-order valence-electron chi connectivity index (χ2n) is 8.56. The second kappa shape index (κ2) is 9.32. The zero-order valence-corrected chi connectivity index (χ0v) is 18.7. The van der Waals surface area contributed by atoms with Crippen LogP contribution in [0.1, 0.15) is 36.0 Å². The number of morpholine rings is 1. The Labute approximate surface area is 192 Å². The Balaban J connectivity index is 1.35. The highest BCUT2D eigenvalue weighted by molar-refractivity contribution is 6.05. The summed E-state index contributed by atoms with van der Waals surface area (Å²) < 4.78 is 12.4. The average molecular weight is 452 g/mol. The number of nitrogens with zero attached hydrogens (tertiary/aromatic N) is 5. The van der Waals surface area contributed by atoms with Crippen molar-refractivity contribution in [3.05, 3.63) is 36.3 Å². The average Bonchev–Trinajstić information content (AvgIpc) is 3.26. The quantitative estimate of drug-likeness (QED) is 0.602. The minimum atomic E-state index is -0.156. The van der Waals surface area contributed by atoms with Crippen LogP contribution in [0.15, 0.2) is 30.7 Å². The number of amides is 1. The number of pyridine rings is 1. The maximum absolute atomic E-state index is 13.3. The molecule has 1 saturated heterocycles. The maximum atomic E-state index is 13.3. The molecule has 33 heavy (non-hydrogen) atoms. The first kappa shape index (κ1) is 21.6. The number of anilines is 1. The van der Waals surface area contributed by atoms with Crippen molar-refractivity contribution in [2.75, 3.05) is 39.1 Å². The van der Waals surface area contributed by atoms with Crippen LogP contribution < -0.4 is 15.8 Å². The number of nitrogen functional groups attached to an aromatic ring is 1. The number of ether oxygens (including phenoxy) is 2. The van der Waals surface area contributed by atoms with Gasteiger partial charge in [-0.1, -0.05) is 0 Å². The molecule has 0 radical (unpaired) electrons. The Morgan fingerprint density at radius 2 is 1.97 bits per heavy atom. The number of rotatable bonds is 5. The van der Waals surface area contributed by atoms with Gasteiger partial charge in [0.1, 0.15) is 11.8 Å². The van der Waals surface area contributed by atoms with Crippen LogP contribution in [0.2, 0.25) is 0 Å². The summed E-state index contributed by atoms with van der Waals surface area (Å²) in [6.07, 6.45) is 7.12. The Morgan fingerprint density at radius 1 is 1.18 bits per heavy atom. The lowest BCUT2D eigenvalue weighted by atomic mass is 9.89. The smallest absolute Gasteiger partial charge is 0.253 e. The summed E-state index contributed by atoms with van der Waals surface area (Å²) in [6.45, 7) is 3.63. The largest absolute Gasteiger partial charge is 0.481 e. The molecule has 10 heteroatoms. The first-order valence-corrected chi connectivity index (χ1v) is 11.4. The zero-order valence-electron chi connectivity index (χ0n) is 18.7. The minimum absolute atomic E-state index is 0.139. The third kappa shape index (κ3) is 4.36. The van der Waals surface area contributed by atoms with Gasteiger partial charge in [0, 0.05) is 43.0 Å². The Morgan fingerprint density at radius 3 is 2.73 bits per heavy atom. The number of nitrogens with two attached hydrogens (primary N) is 1. The normalized spacial score (nSPS) is 21.7. The summed E-state index contributed by atoms with van der Waals surface area (Å²) in [7, 11) is 1.56. The first-order chi connectivity index (χ1) is 16.1. The molecule has 0 unspecified atom stereocenters. The molecule has 0 aromatic carbocycles. The lowest BCUT2D eigenvalue weighted by molar-refractivity contribution is 0.00665. The van der Waals surface area contributed by atoms with Crippen molar-refractivity contribution in [2.24, 2.45) is 0 Å². The lowest BCUT2D eigenvalue weighted by Crippen LogP contribution is -2.47. The second-order valence-corrected chi connectivity index (χ2v) is 8.56. The van der Waals surface area contributed by atoms with Crippen LogP contribution in [-0.4, -0.2) is 75.9 Å². The molecular formula is C23H29N7O3. The van der Waals surface area contributed by atoms with E-state index in [2.05, 4.69) is 25.3 Å². The minimum Gasteiger partial charge on any atom is -0.481 e. The molecule has 5 rings (SSSR count). The lowest BCUT2D eigenvalue weighted by Gasteiger charge is -2.38. The highest BCUT2D eigenvalue weighted by atomic mass is 16.5. The molecule has 1 aliphatic heterocycles. The SMILES string of the molecule is COc1cc(-c2cc(C(=O)N[C@H]3CC[C@H](N4CCOCC4)CC3)c3c(N)ncnn23)ccn1. The van der Waals surface area contributed by atoms with E-state index >= 15 is 0 Å². The van der Waals surface area contributed by atoms with Crippen LogP contribution in [0.25, 0.3) is 16.8 Å². The van der Waals surface area contributed by atoms with Gasteiger partial charge < -0.3 is 20.5 Å². The third-order valence-electron chi connectivity index (χ3n) is 6.66. The van der Waals surface area contributed by atoms with E-state index in [-0.39, 0.29) is 17.8 Å². The van der Waals surface area contributed by atoms with Crippen molar-refractivity contribution in [1.82, 2.24) is 29.8 Å². The fraction of sp³-hybridized carbons (Fsp3) is 0.478. The van der Waals surface area contributed by atoms with Crippen molar-refractivity contribution < 1.29 is 14.3 Å². The van der Waals surface area contributed by atoms with Crippen LogP contribution in [-0.2, 0) is 4.74 Å². The molecule has 3 aromatic rings. The first-order valence-electron chi connectivity index (χ1n) is 11.4. The predicted molar refractivity (Wildman–Crippen MR) is 123 cm³/mol. The van der Waals surface area contributed by atoms with E-state index < -0.39 is 0 Å². The number of aromatic nitrogens is 4. The monoisotopic (exact) mass is 451 g/mol. The van der Waals surface area contributed by atoms with Crippen molar-refractivity contribution in [3.8, 4) is 17.1 Å². The molecule has 3 aromatic heterocycles. The molecule has 0 bridgehead atoms. The molecule has 1 amide bonds. The van der Waals surface area contributed by atoms with Crippen LogP contribution in [0.5, 0.6) is 5.88 Å². The van der Waals surface area contributed by atoms with E-state index in [1.54, 1.807) is 23.9 Å². The van der Waals surface area contributed by atoms with Gasteiger partial charge in [-0.2, -0.15) is 5.10 Å². The molecule has 1 saturated carbocycles. The number of nitrogens with one attached hydrogen (secondary N) is 1. The Hall–Kier alpha value is -3.24. The third-order valence-corrected chi connectivity index (χ3v) is 6.66. The standard InChI is InChI=1S/C23H29N7O3/c1-32-20-12-15(6-7-25-20)19-13-18(21-22(24)26-14-27-30(19)21)23(31)28-16-2-4-17(5-3-16)29-8-10-33-11-9-29/h6-7,12-14,16-17H,2-5,8-11H2,1H3,(H,28,31)(H2,24,26,27)/t16-,17-. The molecule has 4 heterocycles. The summed E-state index contributed by atoms with van der Waals surface area (Å²) in [5, 5.41) is 7.58. The fourth-order valence-electron chi connectivity index (χ4n) is 4.92. The molecule has 174 valence electrons. The summed E-state index contributed by atoms with van der Waals surface area (Å²) in [6, 6.07) is 6.17. The van der Waals surface area contributed by atoms with Crippen LogP contribution in [0.4, 0.5) is 5.82 Å². The molecule has 2 fully saturated rings. The number of carbonyl (C=O) groups is 1. The molecule has 10 nitrogen and oxygen atoms in total.